The zero-order chi connectivity index (χ0) is 14.6. The summed E-state index contributed by atoms with van der Waals surface area (Å²) in [7, 11) is -3.64. The molecule has 0 radical (unpaired) electrons. The summed E-state index contributed by atoms with van der Waals surface area (Å²) in [5.41, 5.74) is 0. The quantitative estimate of drug-likeness (QED) is 0.884. The van der Waals surface area contributed by atoms with Gasteiger partial charge in [0.2, 0.25) is 5.91 Å². The maximum atomic E-state index is 12.3. The van der Waals surface area contributed by atoms with Crippen molar-refractivity contribution in [3.63, 3.8) is 0 Å². The van der Waals surface area contributed by atoms with E-state index in [0.29, 0.717) is 13.2 Å². The Morgan fingerprint density at radius 1 is 1.40 bits per heavy atom. The van der Waals surface area contributed by atoms with Gasteiger partial charge in [-0.15, -0.1) is 0 Å². The first kappa shape index (κ1) is 15.0. The second-order valence-corrected chi connectivity index (χ2v) is 7.15. The number of hydrogen-bond acceptors (Lipinski definition) is 4. The molecule has 0 saturated carbocycles. The summed E-state index contributed by atoms with van der Waals surface area (Å²) >= 11 is 0. The number of sulfone groups is 1. The van der Waals surface area contributed by atoms with Crippen LogP contribution in [0.5, 0.6) is 0 Å². The first-order valence-electron chi connectivity index (χ1n) is 6.70. The van der Waals surface area contributed by atoms with Gasteiger partial charge in [-0.1, -0.05) is 18.2 Å². The van der Waals surface area contributed by atoms with Crippen LogP contribution in [-0.2, 0) is 19.4 Å². The third-order valence-electron chi connectivity index (χ3n) is 3.43. The van der Waals surface area contributed by atoms with Crippen LogP contribution in [0.1, 0.15) is 19.8 Å². The van der Waals surface area contributed by atoms with E-state index in [4.69, 9.17) is 4.74 Å². The predicted molar refractivity (Wildman–Crippen MR) is 75.1 cm³/mol. The molecule has 1 heterocycles. The van der Waals surface area contributed by atoms with Crippen molar-refractivity contribution in [3.05, 3.63) is 30.3 Å². The topological polar surface area (TPSA) is 72.5 Å². The molecule has 0 bridgehead atoms. The van der Waals surface area contributed by atoms with Gasteiger partial charge in [0.05, 0.1) is 11.0 Å². The van der Waals surface area contributed by atoms with Gasteiger partial charge in [0.25, 0.3) is 0 Å². The number of benzene rings is 1. The average molecular weight is 297 g/mol. The number of hydrogen-bond donors (Lipinski definition) is 1. The average Bonchev–Trinajstić information content (AvgIpc) is 2.98. The van der Waals surface area contributed by atoms with E-state index in [1.54, 1.807) is 18.2 Å². The highest BCUT2D eigenvalue weighted by Crippen LogP contribution is 2.16. The van der Waals surface area contributed by atoms with Gasteiger partial charge in [0.1, 0.15) is 5.25 Å². The molecule has 0 aromatic heterocycles. The van der Waals surface area contributed by atoms with Gasteiger partial charge in [-0.2, -0.15) is 0 Å². The molecule has 1 aromatic carbocycles. The van der Waals surface area contributed by atoms with E-state index >= 15 is 0 Å². The van der Waals surface area contributed by atoms with Crippen LogP contribution in [0.3, 0.4) is 0 Å². The van der Waals surface area contributed by atoms with E-state index in [2.05, 4.69) is 5.32 Å². The summed E-state index contributed by atoms with van der Waals surface area (Å²) in [5.74, 6) is -0.482. The zero-order valence-corrected chi connectivity index (χ0v) is 12.2. The Bertz CT molecular complexity index is 550. The Hall–Kier alpha value is -1.40. The van der Waals surface area contributed by atoms with Crippen molar-refractivity contribution in [2.45, 2.75) is 36.0 Å². The molecular formula is C14H19NO4S. The summed E-state index contributed by atoms with van der Waals surface area (Å²) in [5, 5.41) is 1.55. The van der Waals surface area contributed by atoms with Gasteiger partial charge in [-0.05, 0) is 31.9 Å². The first-order chi connectivity index (χ1) is 9.51. The highest BCUT2D eigenvalue weighted by atomic mass is 32.2. The van der Waals surface area contributed by atoms with Gasteiger partial charge in [-0.25, -0.2) is 8.42 Å². The zero-order valence-electron chi connectivity index (χ0n) is 11.4. The normalized spacial score (nSPS) is 20.6. The van der Waals surface area contributed by atoms with Crippen LogP contribution in [0.4, 0.5) is 0 Å². The van der Waals surface area contributed by atoms with Crippen molar-refractivity contribution in [1.82, 2.24) is 5.32 Å². The molecule has 1 aliphatic heterocycles. The Balaban J connectivity index is 1.98. The molecule has 110 valence electrons. The predicted octanol–water partition coefficient (Wildman–Crippen LogP) is 1.14. The van der Waals surface area contributed by atoms with Gasteiger partial charge in [0, 0.05) is 13.2 Å². The van der Waals surface area contributed by atoms with E-state index in [1.165, 1.54) is 19.1 Å². The Morgan fingerprint density at radius 3 is 2.70 bits per heavy atom. The van der Waals surface area contributed by atoms with E-state index in [1.807, 2.05) is 0 Å². The Labute approximate surface area is 119 Å². The van der Waals surface area contributed by atoms with E-state index in [-0.39, 0.29) is 11.0 Å². The van der Waals surface area contributed by atoms with Crippen molar-refractivity contribution < 1.29 is 17.9 Å². The molecule has 1 saturated heterocycles. The number of carbonyl (C=O) groups is 1. The molecule has 0 spiro atoms. The van der Waals surface area contributed by atoms with Crippen molar-refractivity contribution >= 4 is 15.7 Å². The van der Waals surface area contributed by atoms with Gasteiger partial charge >= 0.3 is 0 Å². The van der Waals surface area contributed by atoms with Gasteiger partial charge < -0.3 is 10.1 Å². The van der Waals surface area contributed by atoms with Crippen LogP contribution >= 0.6 is 0 Å². The fourth-order valence-electron chi connectivity index (χ4n) is 2.12. The fourth-order valence-corrected chi connectivity index (χ4v) is 3.43. The molecule has 1 fully saturated rings. The molecule has 2 rings (SSSR count). The van der Waals surface area contributed by atoms with Crippen LogP contribution in [0.2, 0.25) is 0 Å². The molecule has 1 amide bonds. The molecule has 6 heteroatoms. The molecule has 5 nitrogen and oxygen atoms in total. The lowest BCUT2D eigenvalue weighted by Gasteiger charge is -2.15. The lowest BCUT2D eigenvalue weighted by Crippen LogP contribution is -2.41. The van der Waals surface area contributed by atoms with Crippen molar-refractivity contribution in [1.29, 1.82) is 0 Å². The highest BCUT2D eigenvalue weighted by molar-refractivity contribution is 7.92. The molecular weight excluding hydrogens is 278 g/mol. The minimum Gasteiger partial charge on any atom is -0.376 e. The number of carbonyl (C=O) groups excluding carboxylic acids is 1. The lowest BCUT2D eigenvalue weighted by molar-refractivity contribution is -0.120. The second kappa shape index (κ2) is 6.37. The van der Waals surface area contributed by atoms with E-state index in [9.17, 15) is 13.2 Å². The third-order valence-corrected chi connectivity index (χ3v) is 5.51. The summed E-state index contributed by atoms with van der Waals surface area (Å²) in [4.78, 5) is 12.1. The summed E-state index contributed by atoms with van der Waals surface area (Å²) in [6.45, 7) is 2.49. The largest absolute Gasteiger partial charge is 0.376 e. The number of amides is 1. The standard InChI is InChI=1S/C14H19NO4S/c1-11(14(16)15-10-12-6-5-9-19-12)20(17,18)13-7-3-2-4-8-13/h2-4,7-8,11-12H,5-6,9-10H2,1H3,(H,15,16). The fraction of sp³-hybridized carbons (Fsp3) is 0.500. The molecule has 20 heavy (non-hydrogen) atoms. The second-order valence-electron chi connectivity index (χ2n) is 4.88. The summed E-state index contributed by atoms with van der Waals surface area (Å²) < 4.78 is 29.9. The number of rotatable bonds is 5. The van der Waals surface area contributed by atoms with Crippen LogP contribution in [0.25, 0.3) is 0 Å². The minimum atomic E-state index is -3.64. The smallest absolute Gasteiger partial charge is 0.238 e. The maximum absolute atomic E-state index is 12.3. The molecule has 2 unspecified atom stereocenters. The van der Waals surface area contributed by atoms with Crippen LogP contribution in [0.15, 0.2) is 35.2 Å². The maximum Gasteiger partial charge on any atom is 0.238 e. The Morgan fingerprint density at radius 2 is 2.10 bits per heavy atom. The van der Waals surface area contributed by atoms with Gasteiger partial charge in [-0.3, -0.25) is 4.79 Å². The van der Waals surface area contributed by atoms with Crippen molar-refractivity contribution in [3.8, 4) is 0 Å². The molecule has 0 aliphatic carbocycles. The first-order valence-corrected chi connectivity index (χ1v) is 8.24. The van der Waals surface area contributed by atoms with Crippen LogP contribution in [-0.4, -0.2) is 38.8 Å². The monoisotopic (exact) mass is 297 g/mol. The van der Waals surface area contributed by atoms with Gasteiger partial charge in [0.15, 0.2) is 9.84 Å². The Kier molecular flexibility index (Phi) is 4.77. The SMILES string of the molecule is CC(C(=O)NCC1CCCO1)S(=O)(=O)c1ccccc1. The van der Waals surface area contributed by atoms with Crippen LogP contribution < -0.4 is 5.32 Å². The van der Waals surface area contributed by atoms with E-state index < -0.39 is 21.0 Å². The highest BCUT2D eigenvalue weighted by Gasteiger charge is 2.30. The lowest BCUT2D eigenvalue weighted by atomic mass is 10.2. The molecule has 1 N–H and O–H groups in total. The number of ether oxygens (including phenoxy) is 1. The van der Waals surface area contributed by atoms with E-state index in [0.717, 1.165) is 12.8 Å². The molecule has 1 aliphatic rings. The minimum absolute atomic E-state index is 0.00517. The summed E-state index contributed by atoms with van der Waals surface area (Å²) in [6, 6.07) is 8.02. The van der Waals surface area contributed by atoms with Crippen molar-refractivity contribution in [2.75, 3.05) is 13.2 Å². The number of nitrogens with one attached hydrogen (secondary N) is 1. The third kappa shape index (κ3) is 3.37. The van der Waals surface area contributed by atoms with Crippen LogP contribution in [0, 0.1) is 0 Å². The molecule has 1 aromatic rings. The molecule has 2 atom stereocenters. The summed E-state index contributed by atoms with van der Waals surface area (Å²) in [6.07, 6.45) is 1.89. The van der Waals surface area contributed by atoms with Crippen molar-refractivity contribution in [2.24, 2.45) is 0 Å².